The molecule has 1 aromatic heterocycles. The molecule has 0 saturated carbocycles. The Morgan fingerprint density at radius 2 is 1.84 bits per heavy atom. The number of benzene rings is 3. The first-order chi connectivity index (χ1) is 15.7. The van der Waals surface area contributed by atoms with Gasteiger partial charge in [-0.1, -0.05) is 72.4 Å². The number of carbonyl (C=O) groups is 1. The van der Waals surface area contributed by atoms with E-state index in [-0.39, 0.29) is 17.6 Å². The summed E-state index contributed by atoms with van der Waals surface area (Å²) in [5.41, 5.74) is 0.714. The predicted molar refractivity (Wildman–Crippen MR) is 125 cm³/mol. The highest BCUT2D eigenvalue weighted by atomic mass is 32.2. The molecule has 7 heteroatoms. The number of aromatic nitrogens is 3. The maximum Gasteiger partial charge on any atom is 0.192 e. The van der Waals surface area contributed by atoms with Crippen LogP contribution in [0.5, 0.6) is 11.5 Å². The number of fused-ring (bicyclic) bond motifs is 2. The Hall–Kier alpha value is -3.58. The number of para-hydroxylation sites is 2. The van der Waals surface area contributed by atoms with Gasteiger partial charge < -0.3 is 9.47 Å². The van der Waals surface area contributed by atoms with Gasteiger partial charge in [0.2, 0.25) is 0 Å². The van der Waals surface area contributed by atoms with Crippen molar-refractivity contribution in [3.05, 3.63) is 90.8 Å². The summed E-state index contributed by atoms with van der Waals surface area (Å²) in [4.78, 5) is 13.0. The van der Waals surface area contributed by atoms with Crippen LogP contribution < -0.4 is 9.47 Å². The number of hydrogen-bond donors (Lipinski definition) is 0. The molecule has 3 aromatic carbocycles. The van der Waals surface area contributed by atoms with Gasteiger partial charge in [-0.25, -0.2) is 0 Å². The molecular weight excluding hydrogens is 422 g/mol. The van der Waals surface area contributed by atoms with Gasteiger partial charge in [-0.05, 0) is 22.9 Å². The van der Waals surface area contributed by atoms with Crippen LogP contribution in [0.15, 0.2) is 84.5 Å². The van der Waals surface area contributed by atoms with Crippen molar-refractivity contribution in [1.82, 2.24) is 14.8 Å². The molecule has 1 atom stereocenters. The predicted octanol–water partition coefficient (Wildman–Crippen LogP) is 5.10. The van der Waals surface area contributed by atoms with E-state index < -0.39 is 0 Å². The zero-order valence-electron chi connectivity index (χ0n) is 17.3. The average Bonchev–Trinajstić information content (AvgIpc) is 3.24. The van der Waals surface area contributed by atoms with E-state index >= 15 is 0 Å². The Kier molecular flexibility index (Phi) is 5.64. The van der Waals surface area contributed by atoms with Crippen LogP contribution in [-0.4, -0.2) is 32.9 Å². The molecule has 6 nitrogen and oxygen atoms in total. The molecule has 0 saturated heterocycles. The van der Waals surface area contributed by atoms with Gasteiger partial charge in [0.25, 0.3) is 0 Å². The van der Waals surface area contributed by atoms with Crippen LogP contribution >= 0.6 is 11.8 Å². The van der Waals surface area contributed by atoms with Gasteiger partial charge in [0.05, 0.1) is 5.75 Å². The number of ether oxygens (including phenoxy) is 2. The molecule has 0 N–H and O–H groups in total. The van der Waals surface area contributed by atoms with Gasteiger partial charge in [0.15, 0.2) is 34.4 Å². The Labute approximate surface area is 189 Å². The Balaban J connectivity index is 1.36. The van der Waals surface area contributed by atoms with E-state index in [1.165, 1.54) is 11.8 Å². The molecule has 0 unspecified atom stereocenters. The SMILES string of the molecule is C=CCn1c(SCC(=O)c2cccc3ccccc23)nnc1[C@@H]1COc2ccccc2O1. The number of hydrogen-bond acceptors (Lipinski definition) is 6. The lowest BCUT2D eigenvalue weighted by Gasteiger charge is -2.26. The number of thioether (sulfide) groups is 1. The zero-order valence-corrected chi connectivity index (χ0v) is 18.1. The van der Waals surface area contributed by atoms with E-state index in [1.54, 1.807) is 6.08 Å². The average molecular weight is 444 g/mol. The number of carbonyl (C=O) groups excluding carboxylic acids is 1. The van der Waals surface area contributed by atoms with Crippen molar-refractivity contribution in [2.75, 3.05) is 12.4 Å². The summed E-state index contributed by atoms with van der Waals surface area (Å²) in [7, 11) is 0. The quantitative estimate of drug-likeness (QED) is 0.225. The number of nitrogens with zero attached hydrogens (tertiary/aromatic N) is 3. The van der Waals surface area contributed by atoms with E-state index in [1.807, 2.05) is 71.3 Å². The third-order valence-corrected chi connectivity index (χ3v) is 6.24. The molecule has 0 aliphatic carbocycles. The molecule has 32 heavy (non-hydrogen) atoms. The lowest BCUT2D eigenvalue weighted by molar-refractivity contribution is 0.0821. The van der Waals surface area contributed by atoms with Crippen LogP contribution in [0.3, 0.4) is 0 Å². The van der Waals surface area contributed by atoms with Crippen molar-refractivity contribution in [3.63, 3.8) is 0 Å². The number of Topliss-reactive ketones (excluding diaryl/α,β-unsaturated/α-hetero) is 1. The van der Waals surface area contributed by atoms with Gasteiger partial charge in [0.1, 0.15) is 6.61 Å². The van der Waals surface area contributed by atoms with Gasteiger partial charge in [0, 0.05) is 12.1 Å². The molecule has 1 aliphatic rings. The molecule has 160 valence electrons. The lowest BCUT2D eigenvalue weighted by Crippen LogP contribution is -2.25. The fourth-order valence-corrected chi connectivity index (χ4v) is 4.61. The molecule has 0 fully saturated rings. The maximum atomic E-state index is 13.0. The van der Waals surface area contributed by atoms with Crippen molar-refractivity contribution in [3.8, 4) is 11.5 Å². The summed E-state index contributed by atoms with van der Waals surface area (Å²) in [5.74, 6) is 2.35. The topological polar surface area (TPSA) is 66.2 Å². The normalized spacial score (nSPS) is 14.9. The second-order valence-corrected chi connectivity index (χ2v) is 8.29. The second-order valence-electron chi connectivity index (χ2n) is 7.34. The summed E-state index contributed by atoms with van der Waals surface area (Å²) in [6.07, 6.45) is 1.39. The third-order valence-electron chi connectivity index (χ3n) is 5.28. The fourth-order valence-electron chi connectivity index (χ4n) is 3.77. The van der Waals surface area contributed by atoms with E-state index in [9.17, 15) is 4.79 Å². The fraction of sp³-hybridized carbons (Fsp3) is 0.160. The first-order valence-corrected chi connectivity index (χ1v) is 11.3. The van der Waals surface area contributed by atoms with Crippen molar-refractivity contribution < 1.29 is 14.3 Å². The van der Waals surface area contributed by atoms with Crippen LogP contribution in [0.25, 0.3) is 10.8 Å². The molecule has 5 rings (SSSR count). The largest absolute Gasteiger partial charge is 0.485 e. The molecule has 0 spiro atoms. The van der Waals surface area contributed by atoms with Gasteiger partial charge >= 0.3 is 0 Å². The van der Waals surface area contributed by atoms with E-state index in [2.05, 4.69) is 16.8 Å². The van der Waals surface area contributed by atoms with Crippen molar-refractivity contribution in [2.24, 2.45) is 0 Å². The van der Waals surface area contributed by atoms with Crippen molar-refractivity contribution in [2.45, 2.75) is 17.8 Å². The smallest absolute Gasteiger partial charge is 0.192 e. The molecular formula is C25H21N3O3S. The van der Waals surface area contributed by atoms with Gasteiger partial charge in [-0.3, -0.25) is 9.36 Å². The summed E-state index contributed by atoms with van der Waals surface area (Å²) in [6.45, 7) is 4.70. The number of allylic oxidation sites excluding steroid dienone is 1. The first kappa shape index (κ1) is 20.3. The first-order valence-electron chi connectivity index (χ1n) is 10.3. The van der Waals surface area contributed by atoms with Crippen LogP contribution in [0.1, 0.15) is 22.3 Å². The van der Waals surface area contributed by atoms with Crippen LogP contribution in [0, 0.1) is 0 Å². The van der Waals surface area contributed by atoms with Crippen LogP contribution in [0.2, 0.25) is 0 Å². The highest BCUT2D eigenvalue weighted by molar-refractivity contribution is 7.99. The second kappa shape index (κ2) is 8.88. The minimum Gasteiger partial charge on any atom is -0.485 e. The molecule has 1 aliphatic heterocycles. The standard InChI is InChI=1S/C25H21N3O3S/c1-2-14-28-24(23-15-30-21-12-5-6-13-22(21)31-23)26-27-25(28)32-16-20(29)19-11-7-9-17-8-3-4-10-18(17)19/h2-13,23H,1,14-16H2/t23-/m0/s1. The van der Waals surface area contributed by atoms with E-state index in [4.69, 9.17) is 9.47 Å². The van der Waals surface area contributed by atoms with Crippen molar-refractivity contribution in [1.29, 1.82) is 0 Å². The highest BCUT2D eigenvalue weighted by Gasteiger charge is 2.28. The number of rotatable bonds is 7. The van der Waals surface area contributed by atoms with Gasteiger partial charge in [-0.2, -0.15) is 0 Å². The van der Waals surface area contributed by atoms with Gasteiger partial charge in [-0.15, -0.1) is 16.8 Å². The zero-order chi connectivity index (χ0) is 21.9. The minimum absolute atomic E-state index is 0.0488. The monoisotopic (exact) mass is 443 g/mol. The molecule has 2 heterocycles. The third kappa shape index (κ3) is 3.87. The Bertz CT molecular complexity index is 1300. The van der Waals surface area contributed by atoms with Crippen LogP contribution in [-0.2, 0) is 6.54 Å². The van der Waals surface area contributed by atoms with E-state index in [0.717, 1.165) is 10.8 Å². The molecule has 4 aromatic rings. The molecule has 0 radical (unpaired) electrons. The Morgan fingerprint density at radius 3 is 2.72 bits per heavy atom. The summed E-state index contributed by atoms with van der Waals surface area (Å²) in [6, 6.07) is 21.3. The molecule has 0 amide bonds. The highest BCUT2D eigenvalue weighted by Crippen LogP contribution is 2.36. The minimum atomic E-state index is -0.388. The van der Waals surface area contributed by atoms with E-state index in [0.29, 0.717) is 41.2 Å². The number of ketones is 1. The van der Waals surface area contributed by atoms with Crippen molar-refractivity contribution >= 4 is 28.3 Å². The maximum absolute atomic E-state index is 13.0. The summed E-state index contributed by atoms with van der Waals surface area (Å²) >= 11 is 1.36. The Morgan fingerprint density at radius 1 is 1.06 bits per heavy atom. The lowest BCUT2D eigenvalue weighted by atomic mass is 10.0. The molecule has 0 bridgehead atoms. The van der Waals surface area contributed by atoms with Crippen LogP contribution in [0.4, 0.5) is 0 Å². The summed E-state index contributed by atoms with van der Waals surface area (Å²) < 4.78 is 13.9. The summed E-state index contributed by atoms with van der Waals surface area (Å²) in [5, 5.41) is 11.4.